The second kappa shape index (κ2) is 8.03. The first-order valence-electron chi connectivity index (χ1n) is 7.98. The minimum Gasteiger partial charge on any atom is -0.376 e. The number of amides is 1. The standard InChI is InChI=1S/C17H22N4O3/c1-23-12-17(22)20-7-15(8-21-13-19-6-16(21)9-20)11-24-10-14-2-4-18-5-3-14/h2-6,13,15H,7-12H2,1H3/t15-/m0/s1. The molecule has 24 heavy (non-hydrogen) atoms. The molecule has 0 bridgehead atoms. The van der Waals surface area contributed by atoms with Crippen LogP contribution in [-0.4, -0.2) is 52.2 Å². The topological polar surface area (TPSA) is 69.5 Å². The molecular weight excluding hydrogens is 308 g/mol. The van der Waals surface area contributed by atoms with Crippen molar-refractivity contribution in [2.75, 3.05) is 26.9 Å². The average molecular weight is 330 g/mol. The number of rotatable bonds is 6. The molecule has 0 N–H and O–H groups in total. The molecule has 0 saturated heterocycles. The van der Waals surface area contributed by atoms with Crippen molar-refractivity contribution in [3.8, 4) is 0 Å². The van der Waals surface area contributed by atoms with E-state index in [1.54, 1.807) is 12.4 Å². The van der Waals surface area contributed by atoms with E-state index >= 15 is 0 Å². The van der Waals surface area contributed by atoms with Gasteiger partial charge < -0.3 is 18.9 Å². The maximum absolute atomic E-state index is 12.2. The summed E-state index contributed by atoms with van der Waals surface area (Å²) in [4.78, 5) is 22.3. The molecule has 0 saturated carbocycles. The molecule has 0 unspecified atom stereocenters. The van der Waals surface area contributed by atoms with Crippen LogP contribution in [0.2, 0.25) is 0 Å². The maximum Gasteiger partial charge on any atom is 0.248 e. The highest BCUT2D eigenvalue weighted by Gasteiger charge is 2.25. The summed E-state index contributed by atoms with van der Waals surface area (Å²) in [5.41, 5.74) is 2.13. The molecule has 2 aromatic rings. The van der Waals surface area contributed by atoms with Crippen molar-refractivity contribution in [1.29, 1.82) is 0 Å². The van der Waals surface area contributed by atoms with Crippen LogP contribution >= 0.6 is 0 Å². The highest BCUT2D eigenvalue weighted by Crippen LogP contribution is 2.17. The van der Waals surface area contributed by atoms with E-state index in [1.807, 2.05) is 29.6 Å². The van der Waals surface area contributed by atoms with Crippen LogP contribution in [-0.2, 0) is 34.0 Å². The number of pyridine rings is 1. The fraction of sp³-hybridized carbons (Fsp3) is 0.471. The second-order valence-corrected chi connectivity index (χ2v) is 5.98. The molecular formula is C17H22N4O3. The zero-order valence-corrected chi connectivity index (χ0v) is 13.8. The lowest BCUT2D eigenvalue weighted by Gasteiger charge is -2.24. The number of nitrogens with zero attached hydrogens (tertiary/aromatic N) is 4. The fourth-order valence-corrected chi connectivity index (χ4v) is 2.88. The normalized spacial score (nSPS) is 17.4. The number of imidazole rings is 1. The summed E-state index contributed by atoms with van der Waals surface area (Å²) >= 11 is 0. The number of aromatic nitrogens is 3. The quantitative estimate of drug-likeness (QED) is 0.793. The zero-order chi connectivity index (χ0) is 16.8. The van der Waals surface area contributed by atoms with Crippen LogP contribution in [0.25, 0.3) is 0 Å². The summed E-state index contributed by atoms with van der Waals surface area (Å²) in [6.07, 6.45) is 7.14. The van der Waals surface area contributed by atoms with Gasteiger partial charge >= 0.3 is 0 Å². The first kappa shape index (κ1) is 16.6. The summed E-state index contributed by atoms with van der Waals surface area (Å²) in [5, 5.41) is 0. The average Bonchev–Trinajstić information content (AvgIpc) is 2.94. The summed E-state index contributed by atoms with van der Waals surface area (Å²) in [6.45, 7) is 3.23. The van der Waals surface area contributed by atoms with Gasteiger partial charge in [0.1, 0.15) is 6.61 Å². The van der Waals surface area contributed by atoms with E-state index in [0.29, 0.717) is 26.3 Å². The van der Waals surface area contributed by atoms with Crippen LogP contribution < -0.4 is 0 Å². The molecule has 7 heteroatoms. The molecule has 1 aliphatic heterocycles. The Morgan fingerprint density at radius 3 is 2.92 bits per heavy atom. The summed E-state index contributed by atoms with van der Waals surface area (Å²) in [5.74, 6) is 0.203. The van der Waals surface area contributed by atoms with E-state index < -0.39 is 0 Å². The Morgan fingerprint density at radius 1 is 1.29 bits per heavy atom. The zero-order valence-electron chi connectivity index (χ0n) is 13.8. The number of fused-ring (bicyclic) bond motifs is 1. The lowest BCUT2D eigenvalue weighted by molar-refractivity contribution is -0.136. The lowest BCUT2D eigenvalue weighted by Crippen LogP contribution is -2.37. The van der Waals surface area contributed by atoms with Crippen LogP contribution in [0, 0.1) is 5.92 Å². The van der Waals surface area contributed by atoms with Crippen molar-refractivity contribution in [3.05, 3.63) is 48.3 Å². The van der Waals surface area contributed by atoms with Crippen LogP contribution in [0.4, 0.5) is 0 Å². The van der Waals surface area contributed by atoms with E-state index in [1.165, 1.54) is 7.11 Å². The predicted octanol–water partition coefficient (Wildman–Crippen LogP) is 1.10. The molecule has 1 amide bonds. The number of carbonyl (C=O) groups is 1. The van der Waals surface area contributed by atoms with Crippen LogP contribution in [0.15, 0.2) is 37.1 Å². The molecule has 0 aliphatic carbocycles. The lowest BCUT2D eigenvalue weighted by atomic mass is 10.1. The Bertz CT molecular complexity index is 659. The monoisotopic (exact) mass is 330 g/mol. The van der Waals surface area contributed by atoms with E-state index in [4.69, 9.17) is 9.47 Å². The SMILES string of the molecule is COCC(=O)N1Cc2cncn2C[C@@H](COCc2ccncc2)C1. The molecule has 0 fully saturated rings. The molecule has 1 atom stereocenters. The van der Waals surface area contributed by atoms with Gasteiger partial charge in [0, 0.05) is 44.7 Å². The highest BCUT2D eigenvalue weighted by molar-refractivity contribution is 5.77. The number of hydrogen-bond donors (Lipinski definition) is 0. The summed E-state index contributed by atoms with van der Waals surface area (Å²) in [7, 11) is 1.54. The highest BCUT2D eigenvalue weighted by atomic mass is 16.5. The number of methoxy groups -OCH3 is 1. The third-order valence-corrected chi connectivity index (χ3v) is 4.08. The van der Waals surface area contributed by atoms with Crippen molar-refractivity contribution >= 4 is 5.91 Å². The van der Waals surface area contributed by atoms with Gasteiger partial charge in [0.25, 0.3) is 0 Å². The fourth-order valence-electron chi connectivity index (χ4n) is 2.88. The van der Waals surface area contributed by atoms with Crippen molar-refractivity contribution in [2.24, 2.45) is 5.92 Å². The molecule has 2 aromatic heterocycles. The van der Waals surface area contributed by atoms with Crippen molar-refractivity contribution < 1.29 is 14.3 Å². The Labute approximate surface area is 141 Å². The third kappa shape index (κ3) is 4.18. The molecule has 3 rings (SSSR count). The van der Waals surface area contributed by atoms with Gasteiger partial charge in [-0.05, 0) is 17.7 Å². The Morgan fingerprint density at radius 2 is 2.12 bits per heavy atom. The second-order valence-electron chi connectivity index (χ2n) is 5.98. The predicted molar refractivity (Wildman–Crippen MR) is 86.9 cm³/mol. The Hall–Kier alpha value is -2.25. The molecule has 3 heterocycles. The van der Waals surface area contributed by atoms with Gasteiger partial charge in [-0.25, -0.2) is 4.98 Å². The van der Waals surface area contributed by atoms with Gasteiger partial charge in [-0.15, -0.1) is 0 Å². The number of ether oxygens (including phenoxy) is 2. The van der Waals surface area contributed by atoms with Crippen LogP contribution in [0.1, 0.15) is 11.3 Å². The molecule has 0 spiro atoms. The number of hydrogen-bond acceptors (Lipinski definition) is 5. The maximum atomic E-state index is 12.2. The van der Waals surface area contributed by atoms with E-state index in [2.05, 4.69) is 14.5 Å². The minimum absolute atomic E-state index is 0.00807. The third-order valence-electron chi connectivity index (χ3n) is 4.08. The van der Waals surface area contributed by atoms with Gasteiger partial charge in [0.15, 0.2) is 0 Å². The van der Waals surface area contributed by atoms with Gasteiger partial charge in [-0.1, -0.05) is 0 Å². The smallest absolute Gasteiger partial charge is 0.248 e. The van der Waals surface area contributed by atoms with Crippen molar-refractivity contribution in [3.63, 3.8) is 0 Å². The number of carbonyl (C=O) groups excluding carboxylic acids is 1. The van der Waals surface area contributed by atoms with E-state index in [-0.39, 0.29) is 18.4 Å². The molecule has 0 aromatic carbocycles. The first-order valence-corrected chi connectivity index (χ1v) is 7.98. The largest absolute Gasteiger partial charge is 0.376 e. The van der Waals surface area contributed by atoms with Crippen molar-refractivity contribution in [2.45, 2.75) is 19.7 Å². The van der Waals surface area contributed by atoms with Gasteiger partial charge in [-0.2, -0.15) is 0 Å². The molecule has 7 nitrogen and oxygen atoms in total. The van der Waals surface area contributed by atoms with Gasteiger partial charge in [-0.3, -0.25) is 9.78 Å². The first-order chi connectivity index (χ1) is 11.8. The molecule has 128 valence electrons. The van der Waals surface area contributed by atoms with E-state index in [9.17, 15) is 4.79 Å². The van der Waals surface area contributed by atoms with Crippen molar-refractivity contribution in [1.82, 2.24) is 19.4 Å². The Balaban J connectivity index is 1.62. The van der Waals surface area contributed by atoms with Crippen LogP contribution in [0.3, 0.4) is 0 Å². The molecule has 1 aliphatic rings. The Kier molecular flexibility index (Phi) is 5.55. The van der Waals surface area contributed by atoms with Crippen LogP contribution in [0.5, 0.6) is 0 Å². The molecule has 0 radical (unpaired) electrons. The van der Waals surface area contributed by atoms with Gasteiger partial charge in [0.05, 0.1) is 31.8 Å². The minimum atomic E-state index is -0.00807. The summed E-state index contributed by atoms with van der Waals surface area (Å²) in [6, 6.07) is 3.88. The van der Waals surface area contributed by atoms with E-state index in [0.717, 1.165) is 17.8 Å². The van der Waals surface area contributed by atoms with Gasteiger partial charge in [0.2, 0.25) is 5.91 Å². The summed E-state index contributed by atoms with van der Waals surface area (Å²) < 4.78 is 13.0.